The highest BCUT2D eigenvalue weighted by atomic mass is 16.5. The predicted molar refractivity (Wildman–Crippen MR) is 71.1 cm³/mol. The van der Waals surface area contributed by atoms with Crippen LogP contribution in [0.2, 0.25) is 0 Å². The van der Waals surface area contributed by atoms with Crippen LogP contribution in [0.15, 0.2) is 24.3 Å². The minimum Gasteiger partial charge on any atom is -0.370 e. The maximum absolute atomic E-state index is 11.6. The van der Waals surface area contributed by atoms with Crippen molar-refractivity contribution in [2.24, 2.45) is 11.5 Å². The van der Waals surface area contributed by atoms with E-state index in [0.717, 1.165) is 11.1 Å². The molecular formula is C13H19N3O3. The first kappa shape index (κ1) is 15.1. The summed E-state index contributed by atoms with van der Waals surface area (Å²) in [6.07, 6.45) is 0.306. The predicted octanol–water partition coefficient (Wildman–Crippen LogP) is -0.694. The lowest BCUT2D eigenvalue weighted by Gasteiger charge is -2.06. The zero-order valence-corrected chi connectivity index (χ0v) is 10.7. The van der Waals surface area contributed by atoms with Crippen LogP contribution >= 0.6 is 0 Å². The van der Waals surface area contributed by atoms with E-state index in [1.54, 1.807) is 0 Å². The zero-order valence-electron chi connectivity index (χ0n) is 10.7. The average molecular weight is 265 g/mol. The van der Waals surface area contributed by atoms with Crippen molar-refractivity contribution in [2.45, 2.75) is 13.0 Å². The molecule has 0 aromatic heterocycles. The van der Waals surface area contributed by atoms with Gasteiger partial charge in [0, 0.05) is 13.1 Å². The van der Waals surface area contributed by atoms with E-state index < -0.39 is 5.91 Å². The van der Waals surface area contributed by atoms with Gasteiger partial charge in [-0.1, -0.05) is 24.3 Å². The van der Waals surface area contributed by atoms with Gasteiger partial charge in [-0.25, -0.2) is 0 Å². The lowest BCUT2D eigenvalue weighted by molar-refractivity contribution is -0.122. The molecule has 0 unspecified atom stereocenters. The molecule has 5 N–H and O–H groups in total. The number of primary amides is 1. The number of amides is 2. The molecule has 0 saturated heterocycles. The summed E-state index contributed by atoms with van der Waals surface area (Å²) in [5, 5.41) is 2.69. The summed E-state index contributed by atoms with van der Waals surface area (Å²) < 4.78 is 4.92. The first-order valence-electron chi connectivity index (χ1n) is 6.02. The van der Waals surface area contributed by atoms with Crippen LogP contribution in [0.4, 0.5) is 0 Å². The first-order valence-corrected chi connectivity index (χ1v) is 6.02. The molecule has 0 bridgehead atoms. The number of nitrogens with one attached hydrogen (secondary N) is 1. The van der Waals surface area contributed by atoms with Gasteiger partial charge in [0.2, 0.25) is 11.8 Å². The van der Waals surface area contributed by atoms with E-state index in [2.05, 4.69) is 5.32 Å². The average Bonchev–Trinajstić information content (AvgIpc) is 2.39. The summed E-state index contributed by atoms with van der Waals surface area (Å²) in [7, 11) is 0. The lowest BCUT2D eigenvalue weighted by Crippen LogP contribution is -2.29. The highest BCUT2D eigenvalue weighted by Gasteiger charge is 2.03. The topological polar surface area (TPSA) is 107 Å². The molecule has 0 atom stereocenters. The molecule has 0 saturated carbocycles. The second-order valence-electron chi connectivity index (χ2n) is 4.07. The van der Waals surface area contributed by atoms with Crippen LogP contribution in [-0.4, -0.2) is 31.6 Å². The number of ether oxygens (including phenoxy) is 1. The third-order valence-corrected chi connectivity index (χ3v) is 2.44. The molecule has 104 valence electrons. The smallest absolute Gasteiger partial charge is 0.243 e. The summed E-state index contributed by atoms with van der Waals surface area (Å²) >= 11 is 0. The van der Waals surface area contributed by atoms with E-state index >= 15 is 0 Å². The fourth-order valence-corrected chi connectivity index (χ4v) is 1.48. The second-order valence-corrected chi connectivity index (χ2v) is 4.07. The lowest BCUT2D eigenvalue weighted by atomic mass is 10.1. The Balaban J connectivity index is 2.21. The van der Waals surface area contributed by atoms with Gasteiger partial charge in [-0.05, 0) is 11.1 Å². The standard InChI is InChI=1S/C13H19N3O3/c14-8-11-3-1-10(2-4-11)7-13(18)16-5-6-19-9-12(15)17/h1-4H,5-9,14H2,(H2,15,17)(H,16,18). The maximum Gasteiger partial charge on any atom is 0.243 e. The highest BCUT2D eigenvalue weighted by molar-refractivity contribution is 5.78. The third kappa shape index (κ3) is 6.54. The molecule has 6 nitrogen and oxygen atoms in total. The minimum atomic E-state index is -0.522. The van der Waals surface area contributed by atoms with Crippen molar-refractivity contribution in [3.63, 3.8) is 0 Å². The number of nitrogens with two attached hydrogens (primary N) is 2. The van der Waals surface area contributed by atoms with Crippen molar-refractivity contribution < 1.29 is 14.3 Å². The quantitative estimate of drug-likeness (QED) is 0.540. The molecule has 2 amide bonds. The SMILES string of the molecule is NCc1ccc(CC(=O)NCCOCC(N)=O)cc1. The summed E-state index contributed by atoms with van der Waals surface area (Å²) in [5.41, 5.74) is 12.3. The van der Waals surface area contributed by atoms with Gasteiger partial charge >= 0.3 is 0 Å². The van der Waals surface area contributed by atoms with Crippen LogP contribution in [0.25, 0.3) is 0 Å². The minimum absolute atomic E-state index is 0.0943. The molecule has 0 fully saturated rings. The molecule has 0 spiro atoms. The Bertz CT molecular complexity index is 418. The van der Waals surface area contributed by atoms with Crippen molar-refractivity contribution in [3.8, 4) is 0 Å². The molecule has 1 aromatic rings. The second kappa shape index (κ2) is 8.23. The Kier molecular flexibility index (Phi) is 6.56. The van der Waals surface area contributed by atoms with Gasteiger partial charge in [0.25, 0.3) is 0 Å². The van der Waals surface area contributed by atoms with Crippen LogP contribution in [0.1, 0.15) is 11.1 Å². The molecule has 0 radical (unpaired) electrons. The molecular weight excluding hydrogens is 246 g/mol. The zero-order chi connectivity index (χ0) is 14.1. The molecule has 0 heterocycles. The third-order valence-electron chi connectivity index (χ3n) is 2.44. The Hall–Kier alpha value is -1.92. The van der Waals surface area contributed by atoms with Crippen molar-refractivity contribution in [3.05, 3.63) is 35.4 Å². The van der Waals surface area contributed by atoms with Crippen molar-refractivity contribution in [2.75, 3.05) is 19.8 Å². The van der Waals surface area contributed by atoms with E-state index in [1.165, 1.54) is 0 Å². The Morgan fingerprint density at radius 2 is 1.79 bits per heavy atom. The van der Waals surface area contributed by atoms with Crippen LogP contribution < -0.4 is 16.8 Å². The fraction of sp³-hybridized carbons (Fsp3) is 0.385. The monoisotopic (exact) mass is 265 g/mol. The van der Waals surface area contributed by atoms with Gasteiger partial charge in [0.05, 0.1) is 13.0 Å². The molecule has 6 heteroatoms. The number of rotatable bonds is 8. The van der Waals surface area contributed by atoms with Crippen molar-refractivity contribution >= 4 is 11.8 Å². The summed E-state index contributed by atoms with van der Waals surface area (Å²) in [5.74, 6) is -0.616. The van der Waals surface area contributed by atoms with Gasteiger partial charge < -0.3 is 21.5 Å². The summed E-state index contributed by atoms with van der Waals surface area (Å²) in [6.45, 7) is 0.980. The maximum atomic E-state index is 11.6. The van der Waals surface area contributed by atoms with Gasteiger partial charge in [0.15, 0.2) is 0 Å². The van der Waals surface area contributed by atoms with E-state index in [9.17, 15) is 9.59 Å². The number of hydrogen-bond acceptors (Lipinski definition) is 4. The number of hydrogen-bond donors (Lipinski definition) is 3. The molecule has 0 aliphatic carbocycles. The normalized spacial score (nSPS) is 10.2. The largest absolute Gasteiger partial charge is 0.370 e. The van der Waals surface area contributed by atoms with Gasteiger partial charge in [0.1, 0.15) is 6.61 Å². The van der Waals surface area contributed by atoms with Crippen LogP contribution in [0.3, 0.4) is 0 Å². The molecule has 1 aromatic carbocycles. The highest BCUT2D eigenvalue weighted by Crippen LogP contribution is 2.04. The van der Waals surface area contributed by atoms with E-state index in [-0.39, 0.29) is 19.1 Å². The van der Waals surface area contributed by atoms with E-state index in [4.69, 9.17) is 16.2 Å². The van der Waals surface area contributed by atoms with Crippen molar-refractivity contribution in [1.82, 2.24) is 5.32 Å². The first-order chi connectivity index (χ1) is 9.11. The number of benzene rings is 1. The summed E-state index contributed by atoms with van der Waals surface area (Å²) in [4.78, 5) is 22.0. The Morgan fingerprint density at radius 1 is 1.16 bits per heavy atom. The Morgan fingerprint density at radius 3 is 2.37 bits per heavy atom. The van der Waals surface area contributed by atoms with E-state index in [0.29, 0.717) is 19.5 Å². The van der Waals surface area contributed by atoms with Crippen molar-refractivity contribution in [1.29, 1.82) is 0 Å². The van der Waals surface area contributed by atoms with Gasteiger partial charge in [-0.3, -0.25) is 9.59 Å². The van der Waals surface area contributed by atoms with Crippen LogP contribution in [0, 0.1) is 0 Å². The van der Waals surface area contributed by atoms with Crippen LogP contribution in [-0.2, 0) is 27.3 Å². The number of carbonyl (C=O) groups is 2. The van der Waals surface area contributed by atoms with Crippen LogP contribution in [0.5, 0.6) is 0 Å². The van der Waals surface area contributed by atoms with Gasteiger partial charge in [-0.15, -0.1) is 0 Å². The molecule has 0 aliphatic heterocycles. The van der Waals surface area contributed by atoms with Gasteiger partial charge in [-0.2, -0.15) is 0 Å². The number of carbonyl (C=O) groups excluding carboxylic acids is 2. The molecule has 19 heavy (non-hydrogen) atoms. The Labute approximate surface area is 112 Å². The molecule has 1 rings (SSSR count). The molecule has 0 aliphatic rings. The fourth-order valence-electron chi connectivity index (χ4n) is 1.48. The summed E-state index contributed by atoms with van der Waals surface area (Å²) in [6, 6.07) is 7.56. The van der Waals surface area contributed by atoms with E-state index in [1.807, 2.05) is 24.3 Å².